The molecule has 0 bridgehead atoms. The predicted molar refractivity (Wildman–Crippen MR) is 89.3 cm³/mol. The smallest absolute Gasteiger partial charge is 0.334 e. The number of fused-ring (bicyclic) bond motifs is 1. The molecule has 1 aromatic rings. The number of esters is 1. The van der Waals surface area contributed by atoms with Crippen LogP contribution in [0.25, 0.3) is 0 Å². The Labute approximate surface area is 151 Å². The van der Waals surface area contributed by atoms with Crippen LogP contribution in [0.5, 0.6) is 0 Å². The number of Topliss-reactive ketones (excluding diaryl/α,β-unsaturated/α-hetero) is 1. The molecule has 0 amide bonds. The summed E-state index contributed by atoms with van der Waals surface area (Å²) in [6.07, 6.45) is -1.38. The molecule has 2 atom stereocenters. The molecule has 2 heterocycles. The van der Waals surface area contributed by atoms with Gasteiger partial charge in [-0.3, -0.25) is 4.79 Å². The first-order chi connectivity index (χ1) is 12.3. The first kappa shape index (κ1) is 18.2. The molecule has 0 N–H and O–H groups in total. The van der Waals surface area contributed by atoms with Crippen molar-refractivity contribution in [2.24, 2.45) is 0 Å². The lowest BCUT2D eigenvalue weighted by Gasteiger charge is -2.53. The predicted octanol–water partition coefficient (Wildman–Crippen LogP) is 1.31. The Hall–Kier alpha value is -2.64. The topological polar surface area (TPSA) is 88.1 Å². The van der Waals surface area contributed by atoms with Crippen LogP contribution in [0.2, 0.25) is 0 Å². The highest BCUT2D eigenvalue weighted by Gasteiger charge is 2.49. The number of carbonyl (C=O) groups is 2. The van der Waals surface area contributed by atoms with Gasteiger partial charge < -0.3 is 24.2 Å². The number of methoxy groups -OCH3 is 2. The number of benzene rings is 1. The van der Waals surface area contributed by atoms with Gasteiger partial charge in [0.1, 0.15) is 5.76 Å². The number of ether oxygens (including phenoxy) is 3. The summed E-state index contributed by atoms with van der Waals surface area (Å²) in [5, 5.41) is 13.2. The largest absolute Gasteiger partial charge is 0.812 e. The molecule has 1 aromatic carbocycles. The fourth-order valence-corrected chi connectivity index (χ4v) is 3.30. The molecule has 7 heteroatoms. The summed E-state index contributed by atoms with van der Waals surface area (Å²) >= 11 is 0. The minimum atomic E-state index is -2.07. The summed E-state index contributed by atoms with van der Waals surface area (Å²) in [4.78, 5) is 26.9. The third-order valence-corrected chi connectivity index (χ3v) is 4.76. The number of ketones is 1. The second-order valence-corrected chi connectivity index (χ2v) is 6.15. The molecule has 0 saturated heterocycles. The van der Waals surface area contributed by atoms with E-state index in [1.54, 1.807) is 44.2 Å². The highest BCUT2D eigenvalue weighted by Crippen LogP contribution is 2.43. The van der Waals surface area contributed by atoms with Crippen LogP contribution in [0.15, 0.2) is 52.9 Å². The maximum absolute atomic E-state index is 13.2. The molecular weight excluding hydrogens is 338 g/mol. The molecule has 0 radical (unpaired) electrons. The Kier molecular flexibility index (Phi) is 4.60. The van der Waals surface area contributed by atoms with E-state index < -0.39 is 18.1 Å². The van der Waals surface area contributed by atoms with E-state index in [0.717, 1.165) is 0 Å². The fourth-order valence-electron chi connectivity index (χ4n) is 3.30. The third kappa shape index (κ3) is 2.69. The van der Waals surface area contributed by atoms with Crippen molar-refractivity contribution >= 4 is 11.8 Å². The summed E-state index contributed by atoms with van der Waals surface area (Å²) in [6, 6.07) is 8.53. The standard InChI is InChI=1S/C19H20NO6/c1-11-12(2)26-17-15(16(21)13-8-6-5-7-9-13)14(18(22)24-3)10-19(23,25-4)20(11)17/h5-9,17H,10H2,1-4H3/q-1. The lowest BCUT2D eigenvalue weighted by molar-refractivity contribution is -0.595. The maximum Gasteiger partial charge on any atom is 0.334 e. The van der Waals surface area contributed by atoms with Crippen LogP contribution in [0.3, 0.4) is 0 Å². The molecule has 0 spiro atoms. The van der Waals surface area contributed by atoms with Gasteiger partial charge in [-0.15, -0.1) is 0 Å². The minimum absolute atomic E-state index is 0.0260. The average molecular weight is 358 g/mol. The fraction of sp³-hybridized carbons (Fsp3) is 0.368. The van der Waals surface area contributed by atoms with Crippen LogP contribution in [0, 0.1) is 0 Å². The third-order valence-electron chi connectivity index (χ3n) is 4.76. The molecule has 2 aliphatic heterocycles. The number of hydrogen-bond acceptors (Lipinski definition) is 7. The zero-order valence-corrected chi connectivity index (χ0v) is 15.1. The Morgan fingerprint density at radius 1 is 1.23 bits per heavy atom. The molecule has 0 aliphatic carbocycles. The van der Waals surface area contributed by atoms with Gasteiger partial charge in [0.05, 0.1) is 29.9 Å². The van der Waals surface area contributed by atoms with E-state index in [-0.39, 0.29) is 23.4 Å². The van der Waals surface area contributed by atoms with Crippen molar-refractivity contribution in [3.63, 3.8) is 0 Å². The quantitative estimate of drug-likeness (QED) is 0.455. The van der Waals surface area contributed by atoms with Crippen molar-refractivity contribution in [3.05, 3.63) is 58.5 Å². The van der Waals surface area contributed by atoms with Crippen molar-refractivity contribution in [3.8, 4) is 0 Å². The van der Waals surface area contributed by atoms with Gasteiger partial charge in [0.2, 0.25) is 6.23 Å². The molecule has 2 aliphatic rings. The Morgan fingerprint density at radius 2 is 1.88 bits per heavy atom. The van der Waals surface area contributed by atoms with E-state index in [1.807, 2.05) is 0 Å². The number of nitrogens with zero attached hydrogens (tertiary/aromatic N) is 1. The number of allylic oxidation sites excluding steroid dienone is 2. The van der Waals surface area contributed by atoms with Gasteiger partial charge in [-0.25, -0.2) is 4.79 Å². The number of rotatable bonds is 4. The Bertz CT molecular complexity index is 813. The molecule has 7 nitrogen and oxygen atoms in total. The van der Waals surface area contributed by atoms with Crippen LogP contribution in [0.4, 0.5) is 0 Å². The SMILES string of the molecule is COC(=O)C1=C(C(=O)c2ccccc2)C2OC(C)=C(C)N2C([O-])(OC)C1. The maximum atomic E-state index is 13.2. The lowest BCUT2D eigenvalue weighted by atomic mass is 9.89. The monoisotopic (exact) mass is 358 g/mol. The van der Waals surface area contributed by atoms with Crippen LogP contribution in [0.1, 0.15) is 30.6 Å². The molecule has 138 valence electrons. The zero-order chi connectivity index (χ0) is 19.1. The van der Waals surface area contributed by atoms with Crippen LogP contribution < -0.4 is 5.11 Å². The minimum Gasteiger partial charge on any atom is -0.812 e. The average Bonchev–Trinajstić information content (AvgIpc) is 2.96. The number of hydrogen-bond donors (Lipinski definition) is 0. The van der Waals surface area contributed by atoms with Gasteiger partial charge in [0, 0.05) is 19.1 Å². The van der Waals surface area contributed by atoms with Crippen LogP contribution >= 0.6 is 0 Å². The van der Waals surface area contributed by atoms with E-state index in [1.165, 1.54) is 19.1 Å². The van der Waals surface area contributed by atoms with E-state index >= 15 is 0 Å². The molecule has 0 aromatic heterocycles. The highest BCUT2D eigenvalue weighted by atomic mass is 16.7. The summed E-state index contributed by atoms with van der Waals surface area (Å²) in [5.41, 5.74) is 1.03. The van der Waals surface area contributed by atoms with Crippen LogP contribution in [-0.4, -0.2) is 43.0 Å². The van der Waals surface area contributed by atoms with E-state index in [0.29, 0.717) is 17.0 Å². The molecule has 0 fully saturated rings. The van der Waals surface area contributed by atoms with Crippen molar-refractivity contribution in [2.45, 2.75) is 32.4 Å². The lowest BCUT2D eigenvalue weighted by Crippen LogP contribution is -2.65. The highest BCUT2D eigenvalue weighted by molar-refractivity contribution is 6.13. The summed E-state index contributed by atoms with van der Waals surface area (Å²) in [5.74, 6) is -2.71. The van der Waals surface area contributed by atoms with Gasteiger partial charge in [-0.05, 0) is 13.8 Å². The van der Waals surface area contributed by atoms with Crippen molar-refractivity contribution in [2.75, 3.05) is 14.2 Å². The first-order valence-corrected chi connectivity index (χ1v) is 8.14. The van der Waals surface area contributed by atoms with E-state index in [4.69, 9.17) is 14.2 Å². The summed E-state index contributed by atoms with van der Waals surface area (Å²) < 4.78 is 15.8. The van der Waals surface area contributed by atoms with E-state index in [2.05, 4.69) is 0 Å². The van der Waals surface area contributed by atoms with Crippen molar-refractivity contribution < 1.29 is 28.9 Å². The summed E-state index contributed by atoms with van der Waals surface area (Å²) in [6.45, 7) is 3.42. The number of carbonyl (C=O) groups excluding carboxylic acids is 2. The molecule has 0 saturated carbocycles. The second kappa shape index (κ2) is 6.59. The van der Waals surface area contributed by atoms with Crippen molar-refractivity contribution in [1.29, 1.82) is 0 Å². The molecule has 3 rings (SSSR count). The van der Waals surface area contributed by atoms with E-state index in [9.17, 15) is 14.7 Å². The Balaban J connectivity index is 2.19. The van der Waals surface area contributed by atoms with Crippen molar-refractivity contribution in [1.82, 2.24) is 4.90 Å². The van der Waals surface area contributed by atoms with Crippen LogP contribution in [-0.2, 0) is 19.0 Å². The molecule has 26 heavy (non-hydrogen) atoms. The first-order valence-electron chi connectivity index (χ1n) is 8.14. The van der Waals surface area contributed by atoms with Gasteiger partial charge >= 0.3 is 5.97 Å². The molecule has 2 unspecified atom stereocenters. The zero-order valence-electron chi connectivity index (χ0n) is 15.1. The second-order valence-electron chi connectivity index (χ2n) is 6.15. The van der Waals surface area contributed by atoms with Gasteiger partial charge in [0.15, 0.2) is 5.78 Å². The van der Waals surface area contributed by atoms with Gasteiger partial charge in [0.25, 0.3) is 0 Å². The summed E-state index contributed by atoms with van der Waals surface area (Å²) in [7, 11) is 2.47. The Morgan fingerprint density at radius 3 is 2.46 bits per heavy atom. The molecular formula is C19H20NO6-. The van der Waals surface area contributed by atoms with Gasteiger partial charge in [-0.2, -0.15) is 0 Å². The normalized spacial score (nSPS) is 25.1. The van der Waals surface area contributed by atoms with Gasteiger partial charge in [-0.1, -0.05) is 30.3 Å².